The summed E-state index contributed by atoms with van der Waals surface area (Å²) in [5, 5.41) is 10.6. The lowest BCUT2D eigenvalue weighted by Gasteiger charge is -2.21. The molecule has 558 valence electrons. The number of phosphoric ester groups is 2. The molecule has 0 aliphatic rings. The summed E-state index contributed by atoms with van der Waals surface area (Å²) in [6.45, 7) is 7.27. The third-order valence-electron chi connectivity index (χ3n) is 17.9. The zero-order valence-electron chi connectivity index (χ0n) is 61.1. The van der Waals surface area contributed by atoms with E-state index >= 15 is 0 Å². The van der Waals surface area contributed by atoms with Crippen LogP contribution in [0.5, 0.6) is 0 Å². The Morgan fingerprint density at radius 1 is 0.298 bits per heavy atom. The molecule has 0 bridgehead atoms. The first-order valence-electron chi connectivity index (χ1n) is 39.2. The molecule has 0 saturated heterocycles. The molecule has 0 fully saturated rings. The number of carbonyl (C=O) groups excluding carboxylic acids is 4. The summed E-state index contributed by atoms with van der Waals surface area (Å²) < 4.78 is 68.4. The van der Waals surface area contributed by atoms with E-state index in [-0.39, 0.29) is 25.7 Å². The van der Waals surface area contributed by atoms with Crippen LogP contribution in [0.25, 0.3) is 0 Å². The Kier molecular flexibility index (Phi) is 66.8. The molecule has 94 heavy (non-hydrogen) atoms. The van der Waals surface area contributed by atoms with Gasteiger partial charge in [-0.3, -0.25) is 37.3 Å². The molecule has 3 unspecified atom stereocenters. The monoisotopic (exact) mass is 1380 g/mol. The van der Waals surface area contributed by atoms with Gasteiger partial charge in [-0.05, 0) is 31.6 Å². The van der Waals surface area contributed by atoms with Gasteiger partial charge in [0.2, 0.25) is 0 Å². The highest BCUT2D eigenvalue weighted by molar-refractivity contribution is 7.47. The Bertz CT molecular complexity index is 1810. The van der Waals surface area contributed by atoms with Crippen LogP contribution in [0.4, 0.5) is 0 Å². The van der Waals surface area contributed by atoms with Gasteiger partial charge in [-0.15, -0.1) is 0 Å². The van der Waals surface area contributed by atoms with Crippen LogP contribution in [0, 0.1) is 5.92 Å². The molecule has 0 amide bonds. The molecule has 0 aromatic carbocycles. The van der Waals surface area contributed by atoms with Gasteiger partial charge in [-0.1, -0.05) is 343 Å². The molecule has 0 spiro atoms. The van der Waals surface area contributed by atoms with E-state index in [1.54, 1.807) is 0 Å². The fourth-order valence-corrected chi connectivity index (χ4v) is 13.1. The van der Waals surface area contributed by atoms with Gasteiger partial charge in [0.05, 0.1) is 26.4 Å². The fraction of sp³-hybridized carbons (Fsp3) is 0.947. The standard InChI is InChI=1S/C75H146O17P2/c1-6-10-13-16-19-22-24-26-27-28-29-30-31-32-33-34-36-39-46-51-56-61-75(80)92-71(65-86-73(78)59-54-49-44-41-40-42-47-52-57-68(5)9-4)67-90-94(83,84)88-63-69(76)62-87-93(81,82)89-66-70(64-85-72(77)58-53-48-43-37-21-18-15-12-8-3)91-74(79)60-55-50-45-38-35-25-23-20-17-14-11-7-2/h68-71,76H,6-67H2,1-5H3,(H,81,82)(H,83,84)/t68?,69-,70+,71+/m0/s1. The van der Waals surface area contributed by atoms with Crippen molar-refractivity contribution in [1.29, 1.82) is 0 Å². The van der Waals surface area contributed by atoms with Crippen molar-refractivity contribution < 1.29 is 80.2 Å². The van der Waals surface area contributed by atoms with Crippen LogP contribution in [-0.2, 0) is 65.4 Å². The van der Waals surface area contributed by atoms with Crippen molar-refractivity contribution >= 4 is 39.5 Å². The lowest BCUT2D eigenvalue weighted by molar-refractivity contribution is -0.161. The van der Waals surface area contributed by atoms with Gasteiger partial charge in [0.1, 0.15) is 19.3 Å². The summed E-state index contributed by atoms with van der Waals surface area (Å²) in [6.07, 6.45) is 56.9. The van der Waals surface area contributed by atoms with E-state index in [9.17, 15) is 43.2 Å². The lowest BCUT2D eigenvalue weighted by atomic mass is 9.99. The fourth-order valence-electron chi connectivity index (χ4n) is 11.5. The second kappa shape index (κ2) is 68.2. The van der Waals surface area contributed by atoms with Gasteiger partial charge >= 0.3 is 39.5 Å². The van der Waals surface area contributed by atoms with E-state index in [4.69, 9.17) is 37.0 Å². The maximum atomic E-state index is 13.1. The summed E-state index contributed by atoms with van der Waals surface area (Å²) in [4.78, 5) is 72.7. The van der Waals surface area contributed by atoms with Gasteiger partial charge in [0.15, 0.2) is 12.2 Å². The molecule has 0 aromatic heterocycles. The molecule has 0 heterocycles. The van der Waals surface area contributed by atoms with E-state index in [1.807, 2.05) is 0 Å². The van der Waals surface area contributed by atoms with E-state index in [1.165, 1.54) is 218 Å². The highest BCUT2D eigenvalue weighted by Crippen LogP contribution is 2.45. The van der Waals surface area contributed by atoms with Crippen LogP contribution in [-0.4, -0.2) is 96.7 Å². The van der Waals surface area contributed by atoms with Crippen molar-refractivity contribution in [3.8, 4) is 0 Å². The Morgan fingerprint density at radius 3 is 0.755 bits per heavy atom. The number of aliphatic hydroxyl groups is 1. The van der Waals surface area contributed by atoms with E-state index in [0.29, 0.717) is 25.7 Å². The number of ether oxygens (including phenoxy) is 4. The Hall–Kier alpha value is -1.94. The van der Waals surface area contributed by atoms with Crippen molar-refractivity contribution in [2.45, 2.75) is 412 Å². The quantitative estimate of drug-likeness (QED) is 0.0222. The predicted octanol–water partition coefficient (Wildman–Crippen LogP) is 22.1. The van der Waals surface area contributed by atoms with Gasteiger partial charge < -0.3 is 33.8 Å². The zero-order valence-corrected chi connectivity index (χ0v) is 62.9. The van der Waals surface area contributed by atoms with Crippen molar-refractivity contribution in [2.24, 2.45) is 5.92 Å². The number of aliphatic hydroxyl groups excluding tert-OH is 1. The first-order chi connectivity index (χ1) is 45.6. The Balaban J connectivity index is 5.18. The van der Waals surface area contributed by atoms with Crippen LogP contribution in [0.3, 0.4) is 0 Å². The smallest absolute Gasteiger partial charge is 0.462 e. The average Bonchev–Trinajstić information content (AvgIpc) is 1.35. The number of hydrogen-bond donors (Lipinski definition) is 3. The number of carbonyl (C=O) groups is 4. The molecule has 19 heteroatoms. The third kappa shape index (κ3) is 67.3. The second-order valence-electron chi connectivity index (χ2n) is 27.3. The lowest BCUT2D eigenvalue weighted by Crippen LogP contribution is -2.30. The minimum absolute atomic E-state index is 0.107. The minimum atomic E-state index is -4.95. The normalized spacial score (nSPS) is 14.3. The number of unbranched alkanes of at least 4 members (excludes halogenated alkanes) is 46. The highest BCUT2D eigenvalue weighted by atomic mass is 31.2. The molecule has 6 atom stereocenters. The molecule has 0 aromatic rings. The van der Waals surface area contributed by atoms with E-state index in [2.05, 4.69) is 34.6 Å². The van der Waals surface area contributed by atoms with Gasteiger partial charge in [-0.2, -0.15) is 0 Å². The largest absolute Gasteiger partial charge is 0.472 e. The summed E-state index contributed by atoms with van der Waals surface area (Å²) in [6, 6.07) is 0. The van der Waals surface area contributed by atoms with E-state index in [0.717, 1.165) is 95.8 Å². The van der Waals surface area contributed by atoms with Crippen molar-refractivity contribution in [1.82, 2.24) is 0 Å². The number of phosphoric acid groups is 2. The van der Waals surface area contributed by atoms with Gasteiger partial charge in [0, 0.05) is 25.7 Å². The van der Waals surface area contributed by atoms with Gasteiger partial charge in [0.25, 0.3) is 0 Å². The van der Waals surface area contributed by atoms with Crippen LogP contribution < -0.4 is 0 Å². The molecular weight excluding hydrogens is 1230 g/mol. The van der Waals surface area contributed by atoms with Crippen molar-refractivity contribution in [2.75, 3.05) is 39.6 Å². The van der Waals surface area contributed by atoms with E-state index < -0.39 is 97.5 Å². The molecule has 0 aliphatic carbocycles. The highest BCUT2D eigenvalue weighted by Gasteiger charge is 2.30. The van der Waals surface area contributed by atoms with Crippen molar-refractivity contribution in [3.63, 3.8) is 0 Å². The SMILES string of the molecule is CCCCCCCCCCCCCCCCCCCCCCCC(=O)O[C@H](COC(=O)CCCCCCCCCCC(C)CC)COP(=O)(O)OC[C@@H](O)COP(=O)(O)OC[C@@H](COC(=O)CCCCCCCCCCC)OC(=O)CCCCCCCCCCCCCC. The van der Waals surface area contributed by atoms with Crippen molar-refractivity contribution in [3.05, 3.63) is 0 Å². The molecule has 17 nitrogen and oxygen atoms in total. The predicted molar refractivity (Wildman–Crippen MR) is 382 cm³/mol. The first kappa shape index (κ1) is 92.1. The Morgan fingerprint density at radius 2 is 0.511 bits per heavy atom. The molecule has 0 radical (unpaired) electrons. The summed E-state index contributed by atoms with van der Waals surface area (Å²) in [7, 11) is -9.90. The van der Waals surface area contributed by atoms with Crippen LogP contribution in [0.15, 0.2) is 0 Å². The third-order valence-corrected chi connectivity index (χ3v) is 19.8. The first-order valence-corrected chi connectivity index (χ1v) is 42.2. The molecular formula is C75H146O17P2. The van der Waals surface area contributed by atoms with Crippen LogP contribution in [0.1, 0.15) is 394 Å². The number of hydrogen-bond acceptors (Lipinski definition) is 15. The maximum absolute atomic E-state index is 13.1. The summed E-state index contributed by atoms with van der Waals surface area (Å²) in [5.41, 5.74) is 0. The minimum Gasteiger partial charge on any atom is -0.462 e. The number of rotatable bonds is 75. The molecule has 0 rings (SSSR count). The average molecular weight is 1380 g/mol. The number of esters is 4. The van der Waals surface area contributed by atoms with Crippen LogP contribution in [0.2, 0.25) is 0 Å². The van der Waals surface area contributed by atoms with Gasteiger partial charge in [-0.25, -0.2) is 9.13 Å². The molecule has 3 N–H and O–H groups in total. The molecule has 0 aliphatic heterocycles. The maximum Gasteiger partial charge on any atom is 0.472 e. The zero-order chi connectivity index (χ0) is 69.1. The second-order valence-corrected chi connectivity index (χ2v) is 30.2. The van der Waals surface area contributed by atoms with Crippen LogP contribution >= 0.6 is 15.6 Å². The summed E-state index contributed by atoms with van der Waals surface area (Å²) in [5.74, 6) is -1.34. The summed E-state index contributed by atoms with van der Waals surface area (Å²) >= 11 is 0. The topological polar surface area (TPSA) is 237 Å². The molecule has 0 saturated carbocycles. The Labute approximate surface area is 575 Å².